The Hall–Kier alpha value is -2.74. The number of rotatable bonds is 5. The van der Waals surface area contributed by atoms with Crippen LogP contribution in [0.5, 0.6) is 11.5 Å². The first kappa shape index (κ1) is 22.5. The van der Waals surface area contributed by atoms with Gasteiger partial charge >= 0.3 is 0 Å². The van der Waals surface area contributed by atoms with E-state index in [2.05, 4.69) is 5.32 Å². The lowest BCUT2D eigenvalue weighted by Crippen LogP contribution is -2.32. The number of aliphatic hydroxyl groups is 1. The highest BCUT2D eigenvalue weighted by atomic mass is 35.5. The number of fused-ring (bicyclic) bond motifs is 1. The molecule has 2 heterocycles. The third-order valence-corrected chi connectivity index (χ3v) is 6.38. The lowest BCUT2D eigenvalue weighted by atomic mass is 9.89. The molecular formula is C24H27ClN2O5. The Morgan fingerprint density at radius 3 is 2.62 bits per heavy atom. The molecule has 4 N–H and O–H groups in total. The van der Waals surface area contributed by atoms with E-state index in [9.17, 15) is 20.1 Å². The van der Waals surface area contributed by atoms with E-state index in [1.54, 1.807) is 12.1 Å². The SMILES string of the molecule is CC(C)Nc1ccc(-c2cc(=O)c3c(O)cc(O)c([C@@H]4CCN(C)[C@H]4CO)c3o2)c(Cl)c1. The maximum absolute atomic E-state index is 13.0. The summed E-state index contributed by atoms with van der Waals surface area (Å²) in [6.45, 7) is 4.65. The van der Waals surface area contributed by atoms with E-state index in [-0.39, 0.29) is 52.8 Å². The molecule has 2 atom stereocenters. The summed E-state index contributed by atoms with van der Waals surface area (Å²) >= 11 is 6.50. The molecule has 0 unspecified atom stereocenters. The second-order valence-electron chi connectivity index (χ2n) is 8.63. The van der Waals surface area contributed by atoms with Crippen LogP contribution in [0.4, 0.5) is 5.69 Å². The summed E-state index contributed by atoms with van der Waals surface area (Å²) in [6, 6.07) is 7.82. The molecule has 0 amide bonds. The average molecular weight is 459 g/mol. The van der Waals surface area contributed by atoms with Crippen LogP contribution in [0.1, 0.15) is 31.7 Å². The predicted octanol–water partition coefficient (Wildman–Crippen LogP) is 4.12. The summed E-state index contributed by atoms with van der Waals surface area (Å²) in [4.78, 5) is 15.0. The fraction of sp³-hybridized carbons (Fsp3) is 0.375. The Kier molecular flexibility index (Phi) is 6.07. The van der Waals surface area contributed by atoms with Crippen LogP contribution in [0.25, 0.3) is 22.3 Å². The number of halogens is 1. The minimum absolute atomic E-state index is 0.00186. The van der Waals surface area contributed by atoms with Crippen molar-refractivity contribution in [3.05, 3.63) is 51.1 Å². The molecule has 2 aromatic carbocycles. The maximum Gasteiger partial charge on any atom is 0.197 e. The van der Waals surface area contributed by atoms with E-state index in [1.807, 2.05) is 31.9 Å². The average Bonchev–Trinajstić information content (AvgIpc) is 3.07. The summed E-state index contributed by atoms with van der Waals surface area (Å²) < 4.78 is 6.14. The zero-order valence-electron chi connectivity index (χ0n) is 18.2. The third-order valence-electron chi connectivity index (χ3n) is 6.07. The van der Waals surface area contributed by atoms with Crippen LogP contribution in [0.15, 0.2) is 39.5 Å². The minimum atomic E-state index is -0.438. The van der Waals surface area contributed by atoms with Crippen molar-refractivity contribution in [2.45, 2.75) is 38.3 Å². The van der Waals surface area contributed by atoms with Crippen molar-refractivity contribution < 1.29 is 19.7 Å². The molecule has 170 valence electrons. The Morgan fingerprint density at radius 2 is 1.97 bits per heavy atom. The van der Waals surface area contributed by atoms with Gasteiger partial charge in [0, 0.05) is 46.9 Å². The molecule has 0 saturated carbocycles. The number of hydrogen-bond donors (Lipinski definition) is 4. The predicted molar refractivity (Wildman–Crippen MR) is 126 cm³/mol. The fourth-order valence-corrected chi connectivity index (χ4v) is 4.84. The minimum Gasteiger partial charge on any atom is -0.507 e. The lowest BCUT2D eigenvalue weighted by Gasteiger charge is -2.24. The van der Waals surface area contributed by atoms with Gasteiger partial charge in [-0.05, 0) is 52.1 Å². The van der Waals surface area contributed by atoms with Gasteiger partial charge in [-0.2, -0.15) is 0 Å². The van der Waals surface area contributed by atoms with E-state index < -0.39 is 5.43 Å². The number of aliphatic hydroxyl groups excluding tert-OH is 1. The molecule has 0 spiro atoms. The van der Waals surface area contributed by atoms with E-state index >= 15 is 0 Å². The summed E-state index contributed by atoms with van der Waals surface area (Å²) in [7, 11) is 1.90. The summed E-state index contributed by atoms with van der Waals surface area (Å²) in [5.74, 6) is -0.547. The van der Waals surface area contributed by atoms with E-state index in [0.29, 0.717) is 22.6 Å². The highest BCUT2D eigenvalue weighted by molar-refractivity contribution is 6.33. The number of benzene rings is 2. The Balaban J connectivity index is 1.92. The number of phenols is 2. The monoisotopic (exact) mass is 458 g/mol. The fourth-order valence-electron chi connectivity index (χ4n) is 4.56. The van der Waals surface area contributed by atoms with Gasteiger partial charge in [-0.25, -0.2) is 0 Å². The highest BCUT2D eigenvalue weighted by Gasteiger charge is 2.36. The molecule has 1 fully saturated rings. The molecule has 1 aliphatic heterocycles. The van der Waals surface area contributed by atoms with Gasteiger partial charge in [0.1, 0.15) is 28.2 Å². The molecule has 7 nitrogen and oxygen atoms in total. The Morgan fingerprint density at radius 1 is 1.22 bits per heavy atom. The van der Waals surface area contributed by atoms with Gasteiger partial charge in [0.15, 0.2) is 5.43 Å². The van der Waals surface area contributed by atoms with E-state index in [4.69, 9.17) is 16.0 Å². The van der Waals surface area contributed by atoms with Gasteiger partial charge in [-0.3, -0.25) is 4.79 Å². The lowest BCUT2D eigenvalue weighted by molar-refractivity contribution is 0.172. The van der Waals surface area contributed by atoms with Crippen LogP contribution in [0.2, 0.25) is 5.02 Å². The van der Waals surface area contributed by atoms with Gasteiger partial charge in [-0.15, -0.1) is 0 Å². The van der Waals surface area contributed by atoms with Crippen LogP contribution in [-0.4, -0.2) is 52.5 Å². The second kappa shape index (κ2) is 8.65. The molecule has 0 bridgehead atoms. The second-order valence-corrected chi connectivity index (χ2v) is 9.03. The molecule has 1 aromatic heterocycles. The van der Waals surface area contributed by atoms with Gasteiger partial charge in [0.25, 0.3) is 0 Å². The van der Waals surface area contributed by atoms with Crippen molar-refractivity contribution in [1.82, 2.24) is 4.90 Å². The molecule has 0 radical (unpaired) electrons. The molecule has 32 heavy (non-hydrogen) atoms. The van der Waals surface area contributed by atoms with Crippen LogP contribution in [0, 0.1) is 0 Å². The van der Waals surface area contributed by atoms with Gasteiger partial charge in [0.05, 0.1) is 11.6 Å². The molecule has 1 aliphatic rings. The first-order valence-corrected chi connectivity index (χ1v) is 11.0. The number of nitrogens with zero attached hydrogens (tertiary/aromatic N) is 1. The number of nitrogens with one attached hydrogen (secondary N) is 1. The smallest absolute Gasteiger partial charge is 0.197 e. The zero-order chi connectivity index (χ0) is 23.2. The largest absolute Gasteiger partial charge is 0.507 e. The van der Waals surface area contributed by atoms with Crippen molar-refractivity contribution in [3.63, 3.8) is 0 Å². The number of aromatic hydroxyl groups is 2. The summed E-state index contributed by atoms with van der Waals surface area (Å²) in [6.07, 6.45) is 0.666. The topological polar surface area (TPSA) is 106 Å². The first-order valence-electron chi connectivity index (χ1n) is 10.6. The van der Waals surface area contributed by atoms with E-state index in [0.717, 1.165) is 12.2 Å². The van der Waals surface area contributed by atoms with Gasteiger partial charge in [-0.1, -0.05) is 11.6 Å². The quantitative estimate of drug-likeness (QED) is 0.455. The van der Waals surface area contributed by atoms with Gasteiger partial charge < -0.3 is 30.0 Å². The van der Waals surface area contributed by atoms with Gasteiger partial charge in [0.2, 0.25) is 0 Å². The van der Waals surface area contributed by atoms with Crippen LogP contribution in [-0.2, 0) is 0 Å². The zero-order valence-corrected chi connectivity index (χ0v) is 19.0. The first-order chi connectivity index (χ1) is 15.2. The van der Waals surface area contributed by atoms with Crippen LogP contribution >= 0.6 is 11.6 Å². The van der Waals surface area contributed by atoms with Crippen LogP contribution in [0.3, 0.4) is 0 Å². The number of hydrogen-bond acceptors (Lipinski definition) is 7. The summed E-state index contributed by atoms with van der Waals surface area (Å²) in [5.41, 5.74) is 1.45. The highest BCUT2D eigenvalue weighted by Crippen LogP contribution is 2.44. The van der Waals surface area contributed by atoms with Crippen molar-refractivity contribution in [1.29, 1.82) is 0 Å². The Bertz CT molecular complexity index is 1220. The molecular weight excluding hydrogens is 432 g/mol. The molecule has 0 aliphatic carbocycles. The van der Waals surface area contributed by atoms with Crippen molar-refractivity contribution in [2.75, 3.05) is 25.5 Å². The maximum atomic E-state index is 13.0. The van der Waals surface area contributed by atoms with Crippen molar-refractivity contribution >= 4 is 28.3 Å². The normalized spacial score (nSPS) is 19.2. The van der Waals surface area contributed by atoms with E-state index in [1.165, 1.54) is 12.1 Å². The van der Waals surface area contributed by atoms with Crippen molar-refractivity contribution in [2.24, 2.45) is 0 Å². The molecule has 3 aromatic rings. The molecule has 1 saturated heterocycles. The molecule has 4 rings (SSSR count). The molecule has 8 heteroatoms. The third kappa shape index (κ3) is 3.92. The summed E-state index contributed by atoms with van der Waals surface area (Å²) in [5, 5.41) is 34.7. The standard InChI is InChI=1S/C24H27ClN2O5/c1-12(2)26-13-4-5-14(16(25)8-13)21-10-20(31)23-19(30)9-18(29)22(24(23)32-21)15-6-7-27(3)17(15)11-28/h4-5,8-10,12,15,17,26,28-30H,6-7,11H2,1-3H3/t15-,17+/m1/s1. The number of anilines is 1. The number of likely N-dealkylation sites (tertiary alicyclic amines) is 1. The number of likely N-dealkylation sites (N-methyl/N-ethyl adjacent to an activating group) is 1. The van der Waals surface area contributed by atoms with Crippen molar-refractivity contribution in [3.8, 4) is 22.8 Å². The number of phenolic OH excluding ortho intramolecular Hbond substituents is 2. The van der Waals surface area contributed by atoms with Crippen LogP contribution < -0.4 is 10.7 Å². The Labute approximate surface area is 190 Å².